The molecule has 2 N–H and O–H groups in total. The lowest BCUT2D eigenvalue weighted by atomic mass is 10.1. The summed E-state index contributed by atoms with van der Waals surface area (Å²) >= 11 is 0. The Bertz CT molecular complexity index is 913. The van der Waals surface area contributed by atoms with Crippen molar-refractivity contribution in [2.45, 2.75) is 11.3 Å². The molecular weight excluding hydrogens is 365 g/mol. The van der Waals surface area contributed by atoms with E-state index in [1.807, 2.05) is 0 Å². The highest BCUT2D eigenvalue weighted by Gasteiger charge is 2.18. The van der Waals surface area contributed by atoms with Gasteiger partial charge in [0.25, 0.3) is 0 Å². The van der Waals surface area contributed by atoms with Gasteiger partial charge in [0.15, 0.2) is 11.5 Å². The average Bonchev–Trinajstić information content (AvgIpc) is 2.61. The second-order valence-electron chi connectivity index (χ2n) is 5.28. The van der Waals surface area contributed by atoms with Crippen molar-refractivity contribution in [3.63, 3.8) is 0 Å². The van der Waals surface area contributed by atoms with Crippen LogP contribution in [0.15, 0.2) is 41.3 Å². The van der Waals surface area contributed by atoms with E-state index in [1.54, 1.807) is 18.2 Å². The van der Waals surface area contributed by atoms with Gasteiger partial charge in [-0.15, -0.1) is 0 Å². The number of carbonyl (C=O) groups is 1. The van der Waals surface area contributed by atoms with E-state index in [0.29, 0.717) is 17.9 Å². The van der Waals surface area contributed by atoms with E-state index in [4.69, 9.17) is 14.6 Å². The SMILES string of the molecule is COc1ccc(CCNS(=O)(=O)c2ccc(F)c(C(=O)O)c2)cc1OC. The van der Waals surface area contributed by atoms with Crippen LogP contribution in [0.3, 0.4) is 0 Å². The Labute approximate surface area is 150 Å². The number of sulfonamides is 1. The van der Waals surface area contributed by atoms with Crippen LogP contribution >= 0.6 is 0 Å². The van der Waals surface area contributed by atoms with Crippen LogP contribution < -0.4 is 14.2 Å². The number of hydrogen-bond acceptors (Lipinski definition) is 5. The summed E-state index contributed by atoms with van der Waals surface area (Å²) < 4.78 is 50.6. The van der Waals surface area contributed by atoms with Crippen LogP contribution in [0.2, 0.25) is 0 Å². The van der Waals surface area contributed by atoms with E-state index in [-0.39, 0.29) is 11.4 Å². The Hall–Kier alpha value is -2.65. The van der Waals surface area contributed by atoms with Gasteiger partial charge < -0.3 is 14.6 Å². The number of ether oxygens (including phenoxy) is 2. The summed E-state index contributed by atoms with van der Waals surface area (Å²) in [6.07, 6.45) is 0.368. The third kappa shape index (κ3) is 4.50. The smallest absolute Gasteiger partial charge is 0.338 e. The van der Waals surface area contributed by atoms with Crippen molar-refractivity contribution in [3.05, 3.63) is 53.3 Å². The van der Waals surface area contributed by atoms with Crippen LogP contribution in [-0.4, -0.2) is 40.3 Å². The molecule has 2 aromatic rings. The van der Waals surface area contributed by atoms with Crippen molar-refractivity contribution in [1.29, 1.82) is 0 Å². The van der Waals surface area contributed by atoms with Crippen molar-refractivity contribution in [2.75, 3.05) is 20.8 Å². The molecule has 7 nitrogen and oxygen atoms in total. The molecule has 2 rings (SSSR count). The predicted octanol–water partition coefficient (Wildman–Crippen LogP) is 2.06. The fourth-order valence-electron chi connectivity index (χ4n) is 2.28. The summed E-state index contributed by atoms with van der Waals surface area (Å²) in [7, 11) is -0.955. The van der Waals surface area contributed by atoms with Gasteiger partial charge in [-0.1, -0.05) is 6.07 Å². The molecule has 0 aliphatic carbocycles. The molecule has 0 heterocycles. The molecule has 140 valence electrons. The summed E-state index contributed by atoms with van der Waals surface area (Å²) in [5.41, 5.74) is 0.114. The van der Waals surface area contributed by atoms with E-state index in [1.165, 1.54) is 14.2 Å². The first kappa shape index (κ1) is 19.7. The van der Waals surface area contributed by atoms with Gasteiger partial charge in [-0.2, -0.15) is 0 Å². The van der Waals surface area contributed by atoms with Crippen LogP contribution in [0.1, 0.15) is 15.9 Å². The maximum Gasteiger partial charge on any atom is 0.338 e. The Morgan fingerprint density at radius 2 is 1.81 bits per heavy atom. The van der Waals surface area contributed by atoms with Crippen LogP contribution in [0, 0.1) is 5.82 Å². The van der Waals surface area contributed by atoms with E-state index in [9.17, 15) is 17.6 Å². The molecule has 0 unspecified atom stereocenters. The zero-order valence-corrected chi connectivity index (χ0v) is 15.0. The number of benzene rings is 2. The maximum absolute atomic E-state index is 13.4. The second kappa shape index (κ2) is 8.15. The quantitative estimate of drug-likeness (QED) is 0.724. The largest absolute Gasteiger partial charge is 0.493 e. The van der Waals surface area contributed by atoms with Crippen LogP contribution in [-0.2, 0) is 16.4 Å². The van der Waals surface area contributed by atoms with Crippen LogP contribution in [0.5, 0.6) is 11.5 Å². The van der Waals surface area contributed by atoms with Gasteiger partial charge in [0, 0.05) is 6.54 Å². The van der Waals surface area contributed by atoms with E-state index in [2.05, 4.69) is 4.72 Å². The molecule has 0 spiro atoms. The first-order chi connectivity index (χ1) is 12.3. The molecule has 0 aliphatic heterocycles. The summed E-state index contributed by atoms with van der Waals surface area (Å²) in [5, 5.41) is 8.90. The number of methoxy groups -OCH3 is 2. The zero-order valence-electron chi connectivity index (χ0n) is 14.2. The molecule has 0 amide bonds. The van der Waals surface area contributed by atoms with E-state index >= 15 is 0 Å². The highest BCUT2D eigenvalue weighted by molar-refractivity contribution is 7.89. The topological polar surface area (TPSA) is 102 Å². The summed E-state index contributed by atoms with van der Waals surface area (Å²) in [5.74, 6) is -1.45. The zero-order chi connectivity index (χ0) is 19.3. The minimum absolute atomic E-state index is 0.0671. The third-order valence-electron chi connectivity index (χ3n) is 3.63. The average molecular weight is 383 g/mol. The monoisotopic (exact) mass is 383 g/mol. The van der Waals surface area contributed by atoms with Gasteiger partial charge in [-0.25, -0.2) is 22.3 Å². The van der Waals surface area contributed by atoms with Crippen molar-refractivity contribution in [3.8, 4) is 11.5 Å². The summed E-state index contributed by atoms with van der Waals surface area (Å²) in [4.78, 5) is 10.6. The minimum atomic E-state index is -3.97. The summed E-state index contributed by atoms with van der Waals surface area (Å²) in [6, 6.07) is 7.83. The Morgan fingerprint density at radius 3 is 2.42 bits per heavy atom. The van der Waals surface area contributed by atoms with Gasteiger partial charge in [-0.3, -0.25) is 0 Å². The standard InChI is InChI=1S/C17H18FNO6S/c1-24-15-6-3-11(9-16(15)25-2)7-8-19-26(22,23)12-4-5-14(18)13(10-12)17(20)21/h3-6,9-10,19H,7-8H2,1-2H3,(H,20,21). The second-order valence-corrected chi connectivity index (χ2v) is 7.05. The fourth-order valence-corrected chi connectivity index (χ4v) is 3.34. The molecule has 0 bridgehead atoms. The van der Waals surface area contributed by atoms with Gasteiger partial charge in [0.05, 0.1) is 24.7 Å². The fraction of sp³-hybridized carbons (Fsp3) is 0.235. The van der Waals surface area contributed by atoms with Crippen molar-refractivity contribution >= 4 is 16.0 Å². The molecule has 0 aliphatic rings. The molecule has 26 heavy (non-hydrogen) atoms. The van der Waals surface area contributed by atoms with Crippen LogP contribution in [0.4, 0.5) is 4.39 Å². The Morgan fingerprint density at radius 1 is 1.12 bits per heavy atom. The molecule has 0 aromatic heterocycles. The number of carboxylic acids is 1. The molecule has 0 saturated heterocycles. The number of carboxylic acid groups (broad SMARTS) is 1. The maximum atomic E-state index is 13.4. The highest BCUT2D eigenvalue weighted by atomic mass is 32.2. The highest BCUT2D eigenvalue weighted by Crippen LogP contribution is 2.27. The molecule has 0 saturated carbocycles. The van der Waals surface area contributed by atoms with Crippen molar-refractivity contribution < 1.29 is 32.2 Å². The third-order valence-corrected chi connectivity index (χ3v) is 5.09. The molecule has 0 radical (unpaired) electrons. The predicted molar refractivity (Wildman–Crippen MR) is 91.8 cm³/mol. The normalized spacial score (nSPS) is 11.2. The Kier molecular flexibility index (Phi) is 6.17. The lowest BCUT2D eigenvalue weighted by molar-refractivity contribution is 0.0691. The number of hydrogen-bond donors (Lipinski definition) is 2. The van der Waals surface area contributed by atoms with Crippen LogP contribution in [0.25, 0.3) is 0 Å². The molecule has 2 aromatic carbocycles. The lowest BCUT2D eigenvalue weighted by Gasteiger charge is -2.11. The first-order valence-corrected chi connectivity index (χ1v) is 9.00. The van der Waals surface area contributed by atoms with Gasteiger partial charge in [0.2, 0.25) is 10.0 Å². The summed E-state index contributed by atoms with van der Waals surface area (Å²) in [6.45, 7) is 0.0671. The minimum Gasteiger partial charge on any atom is -0.493 e. The van der Waals surface area contributed by atoms with E-state index < -0.39 is 27.4 Å². The number of rotatable bonds is 8. The number of halogens is 1. The number of nitrogens with one attached hydrogen (secondary N) is 1. The molecule has 0 fully saturated rings. The van der Waals surface area contributed by atoms with Gasteiger partial charge >= 0.3 is 5.97 Å². The van der Waals surface area contributed by atoms with Crippen molar-refractivity contribution in [1.82, 2.24) is 4.72 Å². The first-order valence-electron chi connectivity index (χ1n) is 7.52. The Balaban J connectivity index is 2.09. The van der Waals surface area contributed by atoms with Crippen molar-refractivity contribution in [2.24, 2.45) is 0 Å². The molecule has 9 heteroatoms. The lowest BCUT2D eigenvalue weighted by Crippen LogP contribution is -2.26. The van der Waals surface area contributed by atoms with Gasteiger partial charge in [-0.05, 0) is 42.3 Å². The van der Waals surface area contributed by atoms with E-state index in [0.717, 1.165) is 23.8 Å². The van der Waals surface area contributed by atoms with Gasteiger partial charge in [0.1, 0.15) is 5.82 Å². The number of aromatic carboxylic acids is 1. The molecular formula is C17H18FNO6S. The molecule has 0 atom stereocenters.